The smallest absolute Gasteiger partial charge is 0.306 e. The first-order chi connectivity index (χ1) is 20.9. The number of aromatic nitrogens is 1. The van der Waals surface area contributed by atoms with E-state index in [1.165, 1.54) is 12.1 Å². The van der Waals surface area contributed by atoms with Crippen molar-refractivity contribution in [3.8, 4) is 22.3 Å². The number of hydrogen-bond donors (Lipinski definition) is 2. The lowest BCUT2D eigenvalue weighted by atomic mass is 9.79. The lowest BCUT2D eigenvalue weighted by molar-refractivity contribution is -0.143. The summed E-state index contributed by atoms with van der Waals surface area (Å²) in [5.74, 6) is -1.13. The van der Waals surface area contributed by atoms with Gasteiger partial charge in [0.2, 0.25) is 0 Å². The second-order valence-electron chi connectivity index (χ2n) is 11.7. The Morgan fingerprint density at radius 1 is 0.837 bits per heavy atom. The van der Waals surface area contributed by atoms with Gasteiger partial charge in [0, 0.05) is 24.2 Å². The molecular weight excluding hydrogens is 539 g/mol. The Kier molecular flexibility index (Phi) is 8.10. The lowest BCUT2D eigenvalue weighted by Crippen LogP contribution is -2.40. The number of nitrogens with zero attached hydrogens (tertiary/aromatic N) is 1. The summed E-state index contributed by atoms with van der Waals surface area (Å²) >= 11 is 0. The quantitative estimate of drug-likeness (QED) is 0.196. The van der Waals surface area contributed by atoms with Crippen LogP contribution in [0.3, 0.4) is 0 Å². The Hall–Kier alpha value is -4.71. The molecule has 0 bridgehead atoms. The van der Waals surface area contributed by atoms with Gasteiger partial charge in [-0.15, -0.1) is 0 Å². The molecular formula is C37H35FN2O3. The fourth-order valence-corrected chi connectivity index (χ4v) is 6.36. The molecule has 43 heavy (non-hydrogen) atoms. The summed E-state index contributed by atoms with van der Waals surface area (Å²) in [4.78, 5) is 25.4. The van der Waals surface area contributed by atoms with E-state index in [1.807, 2.05) is 61.7 Å². The average Bonchev–Trinajstić information content (AvgIpc) is 3.44. The first-order valence-electron chi connectivity index (χ1n) is 14.9. The number of carboxylic acids is 1. The molecule has 1 atom stereocenters. The van der Waals surface area contributed by atoms with Gasteiger partial charge in [-0.05, 0) is 96.7 Å². The number of halogens is 1. The van der Waals surface area contributed by atoms with E-state index in [-0.39, 0.29) is 29.6 Å². The summed E-state index contributed by atoms with van der Waals surface area (Å²) in [6.45, 7) is 2.62. The fourth-order valence-electron chi connectivity index (χ4n) is 6.36. The van der Waals surface area contributed by atoms with Crippen molar-refractivity contribution in [2.75, 3.05) is 0 Å². The van der Waals surface area contributed by atoms with E-state index in [0.717, 1.165) is 51.6 Å². The van der Waals surface area contributed by atoms with Gasteiger partial charge >= 0.3 is 5.97 Å². The van der Waals surface area contributed by atoms with Crippen LogP contribution in [0.1, 0.15) is 48.5 Å². The number of carboxylic acid groups (broad SMARTS) is 1. The van der Waals surface area contributed by atoms with Crippen molar-refractivity contribution in [3.05, 3.63) is 120 Å². The molecule has 0 aliphatic heterocycles. The van der Waals surface area contributed by atoms with Crippen LogP contribution in [0.25, 0.3) is 33.2 Å². The molecule has 0 spiro atoms. The molecule has 0 saturated heterocycles. The normalized spacial score (nSPS) is 17.4. The summed E-state index contributed by atoms with van der Waals surface area (Å²) in [6.07, 6.45) is 4.92. The van der Waals surface area contributed by atoms with Crippen LogP contribution in [-0.4, -0.2) is 27.6 Å². The zero-order valence-corrected chi connectivity index (χ0v) is 24.2. The molecule has 1 fully saturated rings. The van der Waals surface area contributed by atoms with Gasteiger partial charge in [-0.3, -0.25) is 9.59 Å². The van der Waals surface area contributed by atoms with E-state index in [0.29, 0.717) is 24.9 Å². The summed E-state index contributed by atoms with van der Waals surface area (Å²) in [5.41, 5.74) is 6.58. The predicted octanol–water partition coefficient (Wildman–Crippen LogP) is 8.17. The predicted molar refractivity (Wildman–Crippen MR) is 168 cm³/mol. The third-order valence-corrected chi connectivity index (χ3v) is 8.88. The molecule has 0 radical (unpaired) electrons. The van der Waals surface area contributed by atoms with Gasteiger partial charge in [-0.25, -0.2) is 4.39 Å². The molecule has 6 heteroatoms. The Balaban J connectivity index is 1.29. The minimum absolute atomic E-state index is 0.0694. The van der Waals surface area contributed by atoms with Crippen molar-refractivity contribution < 1.29 is 19.1 Å². The zero-order chi connectivity index (χ0) is 29.9. The van der Waals surface area contributed by atoms with Crippen LogP contribution in [0.15, 0.2) is 103 Å². The maximum atomic E-state index is 14.0. The summed E-state index contributed by atoms with van der Waals surface area (Å²) in [7, 11) is 0. The van der Waals surface area contributed by atoms with Crippen LogP contribution < -0.4 is 5.32 Å². The minimum Gasteiger partial charge on any atom is -0.481 e. The van der Waals surface area contributed by atoms with Crippen LogP contribution in [0.2, 0.25) is 0 Å². The van der Waals surface area contributed by atoms with Gasteiger partial charge in [0.1, 0.15) is 5.82 Å². The van der Waals surface area contributed by atoms with Gasteiger partial charge in [0.25, 0.3) is 5.91 Å². The number of rotatable bonds is 8. The number of amides is 1. The topological polar surface area (TPSA) is 71.3 Å². The molecule has 1 amide bonds. The standard InChI is InChI=1S/C37H35FN2O3/c1-24(26-11-13-30(14-12-26)37(42)43)39-36(41)34-22-32(27-5-3-2-4-6-27)21-31-19-20-40(35(31)34)23-25-7-9-28(10-8-25)29-15-17-33(38)18-16-29/h2-10,15-22,24,26,30H,11-14,23H2,1H3,(H,39,41)(H,42,43)/t24-,26?,30?/m0/s1. The van der Waals surface area contributed by atoms with Crippen molar-refractivity contribution in [1.29, 1.82) is 0 Å². The van der Waals surface area contributed by atoms with E-state index in [2.05, 4.69) is 34.1 Å². The maximum Gasteiger partial charge on any atom is 0.306 e. The lowest BCUT2D eigenvalue weighted by Gasteiger charge is -2.31. The molecule has 6 rings (SSSR count). The van der Waals surface area contributed by atoms with Gasteiger partial charge in [-0.2, -0.15) is 0 Å². The fraction of sp³-hybridized carbons (Fsp3) is 0.243. The Morgan fingerprint density at radius 2 is 1.47 bits per heavy atom. The molecule has 1 aromatic heterocycles. The molecule has 218 valence electrons. The van der Waals surface area contributed by atoms with Crippen molar-refractivity contribution in [2.24, 2.45) is 11.8 Å². The first kappa shape index (κ1) is 28.4. The Labute approximate surface area is 251 Å². The van der Waals surface area contributed by atoms with E-state index < -0.39 is 5.97 Å². The molecule has 4 aromatic carbocycles. The first-order valence-corrected chi connectivity index (χ1v) is 14.9. The molecule has 5 aromatic rings. The minimum atomic E-state index is -0.721. The highest BCUT2D eigenvalue weighted by Gasteiger charge is 2.30. The second-order valence-corrected chi connectivity index (χ2v) is 11.7. The van der Waals surface area contributed by atoms with Gasteiger partial charge in [0.15, 0.2) is 0 Å². The zero-order valence-electron chi connectivity index (χ0n) is 24.2. The number of hydrogen-bond acceptors (Lipinski definition) is 2. The molecule has 1 saturated carbocycles. The summed E-state index contributed by atoms with van der Waals surface area (Å²) in [6, 6.07) is 30.9. The monoisotopic (exact) mass is 574 g/mol. The van der Waals surface area contributed by atoms with E-state index in [9.17, 15) is 19.1 Å². The van der Waals surface area contributed by atoms with Crippen molar-refractivity contribution in [1.82, 2.24) is 9.88 Å². The molecule has 1 heterocycles. The SMILES string of the molecule is C[C@H](NC(=O)c1cc(-c2ccccc2)cc2ccn(Cc3ccc(-c4ccc(F)cc4)cc3)c12)C1CCC(C(=O)O)CC1. The van der Waals surface area contributed by atoms with E-state index in [4.69, 9.17) is 0 Å². The maximum absolute atomic E-state index is 14.0. The van der Waals surface area contributed by atoms with Crippen molar-refractivity contribution >= 4 is 22.8 Å². The molecule has 2 N–H and O–H groups in total. The third-order valence-electron chi connectivity index (χ3n) is 8.88. The van der Waals surface area contributed by atoms with Crippen LogP contribution in [0.5, 0.6) is 0 Å². The van der Waals surface area contributed by atoms with Crippen LogP contribution in [0, 0.1) is 17.7 Å². The van der Waals surface area contributed by atoms with E-state index in [1.54, 1.807) is 12.1 Å². The van der Waals surface area contributed by atoms with Crippen LogP contribution >= 0.6 is 0 Å². The number of nitrogens with one attached hydrogen (secondary N) is 1. The average molecular weight is 575 g/mol. The highest BCUT2D eigenvalue weighted by molar-refractivity contribution is 6.08. The molecule has 1 aliphatic carbocycles. The molecule has 0 unspecified atom stereocenters. The molecule has 5 nitrogen and oxygen atoms in total. The second kappa shape index (κ2) is 12.3. The third kappa shape index (κ3) is 6.24. The number of benzene rings is 4. The molecule has 1 aliphatic rings. The highest BCUT2D eigenvalue weighted by atomic mass is 19.1. The van der Waals surface area contributed by atoms with Crippen molar-refractivity contribution in [3.63, 3.8) is 0 Å². The van der Waals surface area contributed by atoms with Crippen LogP contribution in [0.4, 0.5) is 4.39 Å². The van der Waals surface area contributed by atoms with Gasteiger partial charge in [0.05, 0.1) is 17.0 Å². The highest BCUT2D eigenvalue weighted by Crippen LogP contribution is 2.33. The Morgan fingerprint density at radius 3 is 2.12 bits per heavy atom. The number of carbonyl (C=O) groups excluding carboxylic acids is 1. The van der Waals surface area contributed by atoms with Gasteiger partial charge < -0.3 is 15.0 Å². The summed E-state index contributed by atoms with van der Waals surface area (Å²) in [5, 5.41) is 13.6. The van der Waals surface area contributed by atoms with Gasteiger partial charge in [-0.1, -0.05) is 66.7 Å². The van der Waals surface area contributed by atoms with E-state index >= 15 is 0 Å². The number of aliphatic carboxylic acids is 1. The Bertz CT molecular complexity index is 1740. The number of fused-ring (bicyclic) bond motifs is 1. The largest absolute Gasteiger partial charge is 0.481 e. The van der Waals surface area contributed by atoms with Crippen molar-refractivity contribution in [2.45, 2.75) is 45.2 Å². The van der Waals surface area contributed by atoms with Crippen LogP contribution in [-0.2, 0) is 11.3 Å². The number of carbonyl (C=O) groups is 2. The summed E-state index contributed by atoms with van der Waals surface area (Å²) < 4.78 is 15.5.